The second-order valence-electron chi connectivity index (χ2n) is 9.01. The molecule has 0 aliphatic carbocycles. The third kappa shape index (κ3) is 5.11. The lowest BCUT2D eigenvalue weighted by Gasteiger charge is -2.25. The number of fused-ring (bicyclic) bond motifs is 1. The minimum Gasteiger partial charge on any atom is -0.484 e. The second-order valence-corrected chi connectivity index (χ2v) is 9.01. The predicted octanol–water partition coefficient (Wildman–Crippen LogP) is 5.03. The zero-order valence-electron chi connectivity index (χ0n) is 20.3. The van der Waals surface area contributed by atoms with Gasteiger partial charge in [-0.05, 0) is 55.7 Å². The third-order valence-corrected chi connectivity index (χ3v) is 6.56. The minimum atomic E-state index is 0.00896. The van der Waals surface area contributed by atoms with E-state index in [9.17, 15) is 4.79 Å². The largest absolute Gasteiger partial charge is 0.484 e. The number of nitrogens with zero attached hydrogens (tertiary/aromatic N) is 4. The van der Waals surface area contributed by atoms with Crippen molar-refractivity contribution in [3.05, 3.63) is 83.9 Å². The highest BCUT2D eigenvalue weighted by Crippen LogP contribution is 2.31. The van der Waals surface area contributed by atoms with Gasteiger partial charge >= 0.3 is 0 Å². The Balaban J connectivity index is 1.39. The first kappa shape index (κ1) is 22.8. The number of ether oxygens (including phenoxy) is 1. The van der Waals surface area contributed by atoms with Gasteiger partial charge in [-0.15, -0.1) is 0 Å². The van der Waals surface area contributed by atoms with Crippen molar-refractivity contribution in [2.45, 2.75) is 20.3 Å². The van der Waals surface area contributed by atoms with Crippen LogP contribution in [0.4, 0.5) is 5.82 Å². The zero-order valence-corrected chi connectivity index (χ0v) is 20.3. The molecule has 1 fully saturated rings. The molecule has 0 bridgehead atoms. The summed E-state index contributed by atoms with van der Waals surface area (Å²) in [7, 11) is 0. The molecule has 0 spiro atoms. The smallest absolute Gasteiger partial charge is 0.260 e. The summed E-state index contributed by atoms with van der Waals surface area (Å²) in [6.07, 6.45) is 0.859. The summed E-state index contributed by atoms with van der Waals surface area (Å²) in [5.41, 5.74) is 6.14. The third-order valence-electron chi connectivity index (χ3n) is 6.56. The normalized spacial score (nSPS) is 14.1. The van der Waals surface area contributed by atoms with Crippen molar-refractivity contribution < 1.29 is 9.53 Å². The maximum Gasteiger partial charge on any atom is 0.260 e. The number of amides is 1. The van der Waals surface area contributed by atoms with Crippen LogP contribution in [0, 0.1) is 13.8 Å². The van der Waals surface area contributed by atoms with Crippen molar-refractivity contribution >= 4 is 22.8 Å². The fraction of sp³-hybridized carbons (Fsp3) is 0.276. The van der Waals surface area contributed by atoms with Crippen LogP contribution >= 0.6 is 0 Å². The van der Waals surface area contributed by atoms with Gasteiger partial charge in [0.05, 0.1) is 11.0 Å². The molecule has 6 nitrogen and oxygen atoms in total. The summed E-state index contributed by atoms with van der Waals surface area (Å²) in [4.78, 5) is 27.2. The van der Waals surface area contributed by atoms with Crippen LogP contribution in [0.3, 0.4) is 0 Å². The van der Waals surface area contributed by atoms with Crippen molar-refractivity contribution in [3.63, 3.8) is 0 Å². The Kier molecular flexibility index (Phi) is 6.62. The molecule has 2 heterocycles. The molecule has 1 aliphatic rings. The first-order valence-electron chi connectivity index (χ1n) is 12.1. The molecule has 4 aromatic rings. The summed E-state index contributed by atoms with van der Waals surface area (Å²) in [5.74, 6) is 1.60. The number of anilines is 1. The molecule has 1 saturated heterocycles. The van der Waals surface area contributed by atoms with E-state index >= 15 is 0 Å². The van der Waals surface area contributed by atoms with Crippen LogP contribution in [0.15, 0.2) is 72.8 Å². The molecule has 35 heavy (non-hydrogen) atoms. The lowest BCUT2D eigenvalue weighted by molar-refractivity contribution is -0.133. The average Bonchev–Trinajstić information content (AvgIpc) is 3.15. The van der Waals surface area contributed by atoms with Crippen LogP contribution in [-0.4, -0.2) is 53.6 Å². The van der Waals surface area contributed by atoms with Crippen molar-refractivity contribution in [3.8, 4) is 17.0 Å². The van der Waals surface area contributed by atoms with Crippen molar-refractivity contribution in [2.75, 3.05) is 37.7 Å². The molecule has 0 atom stereocenters. The van der Waals surface area contributed by atoms with E-state index in [0.29, 0.717) is 25.4 Å². The topological polar surface area (TPSA) is 58.6 Å². The van der Waals surface area contributed by atoms with Gasteiger partial charge in [0, 0.05) is 31.7 Å². The van der Waals surface area contributed by atoms with Gasteiger partial charge in [0.2, 0.25) is 0 Å². The molecular weight excluding hydrogens is 436 g/mol. The van der Waals surface area contributed by atoms with E-state index in [1.54, 1.807) is 0 Å². The Morgan fingerprint density at radius 1 is 0.829 bits per heavy atom. The van der Waals surface area contributed by atoms with Crippen molar-refractivity contribution in [1.82, 2.24) is 14.9 Å². The highest BCUT2D eigenvalue weighted by atomic mass is 16.5. The van der Waals surface area contributed by atoms with Gasteiger partial charge in [0.1, 0.15) is 11.4 Å². The fourth-order valence-corrected chi connectivity index (χ4v) is 4.44. The van der Waals surface area contributed by atoms with E-state index in [0.717, 1.165) is 41.1 Å². The average molecular weight is 467 g/mol. The monoisotopic (exact) mass is 466 g/mol. The SMILES string of the molecule is Cc1cc2nc(-c3ccccc3)c(N3CCCN(C(=O)COc4ccccc4)CC3)nc2cc1C. The molecule has 0 N–H and O–H groups in total. The maximum absolute atomic E-state index is 12.9. The molecule has 1 aromatic heterocycles. The number of hydrogen-bond donors (Lipinski definition) is 0. The molecule has 178 valence electrons. The van der Waals surface area contributed by atoms with Crippen LogP contribution in [0.5, 0.6) is 5.75 Å². The van der Waals surface area contributed by atoms with Gasteiger partial charge in [0.25, 0.3) is 5.91 Å². The van der Waals surface area contributed by atoms with Crippen molar-refractivity contribution in [2.24, 2.45) is 0 Å². The Hall–Kier alpha value is -3.93. The van der Waals surface area contributed by atoms with Gasteiger partial charge < -0.3 is 14.5 Å². The number of aromatic nitrogens is 2. The number of carbonyl (C=O) groups is 1. The van der Waals surface area contributed by atoms with Gasteiger partial charge in [-0.3, -0.25) is 4.79 Å². The van der Waals surface area contributed by atoms with Gasteiger partial charge in [-0.25, -0.2) is 9.97 Å². The lowest BCUT2D eigenvalue weighted by atomic mass is 10.1. The zero-order chi connectivity index (χ0) is 24.2. The number of rotatable bonds is 5. The number of benzene rings is 3. The number of hydrogen-bond acceptors (Lipinski definition) is 5. The van der Waals surface area contributed by atoms with Gasteiger partial charge in [-0.2, -0.15) is 0 Å². The highest BCUT2D eigenvalue weighted by Gasteiger charge is 2.23. The molecule has 1 aliphatic heterocycles. The molecule has 3 aromatic carbocycles. The van der Waals surface area contributed by atoms with Crippen LogP contribution in [0.25, 0.3) is 22.3 Å². The summed E-state index contributed by atoms with van der Waals surface area (Å²) in [6, 6.07) is 23.9. The lowest BCUT2D eigenvalue weighted by Crippen LogP contribution is -2.38. The Morgan fingerprint density at radius 2 is 1.49 bits per heavy atom. The first-order chi connectivity index (χ1) is 17.1. The fourth-order valence-electron chi connectivity index (χ4n) is 4.44. The van der Waals surface area contributed by atoms with Gasteiger partial charge in [-0.1, -0.05) is 48.5 Å². The molecular formula is C29H30N4O2. The van der Waals surface area contributed by atoms with Crippen LogP contribution in [0.2, 0.25) is 0 Å². The molecule has 5 rings (SSSR count). The summed E-state index contributed by atoms with van der Waals surface area (Å²) < 4.78 is 5.69. The molecule has 1 amide bonds. The van der Waals surface area contributed by atoms with Crippen LogP contribution in [0.1, 0.15) is 17.5 Å². The molecule has 0 unspecified atom stereocenters. The Bertz CT molecular complexity index is 1330. The minimum absolute atomic E-state index is 0.00896. The summed E-state index contributed by atoms with van der Waals surface area (Å²) in [5, 5.41) is 0. The van der Waals surface area contributed by atoms with Gasteiger partial charge in [0.15, 0.2) is 12.4 Å². The standard InChI is InChI=1S/C29H30N4O2/c1-21-18-25-26(19-22(21)2)31-29(28(30-25)23-10-5-3-6-11-23)33-15-9-14-32(16-17-33)27(34)20-35-24-12-7-4-8-13-24/h3-8,10-13,18-19H,9,14-17,20H2,1-2H3. The number of aryl methyl sites for hydroxylation is 2. The quantitative estimate of drug-likeness (QED) is 0.413. The Morgan fingerprint density at radius 3 is 2.20 bits per heavy atom. The van der Waals surface area contributed by atoms with E-state index in [1.165, 1.54) is 11.1 Å². The van der Waals surface area contributed by atoms with E-state index in [2.05, 4.69) is 43.0 Å². The summed E-state index contributed by atoms with van der Waals surface area (Å²) >= 11 is 0. The maximum atomic E-state index is 12.9. The Labute approximate surface area is 206 Å². The molecule has 0 saturated carbocycles. The van der Waals surface area contributed by atoms with E-state index in [4.69, 9.17) is 14.7 Å². The van der Waals surface area contributed by atoms with E-state index in [1.807, 2.05) is 53.4 Å². The molecule has 0 radical (unpaired) electrons. The number of carbonyl (C=O) groups excluding carboxylic acids is 1. The summed E-state index contributed by atoms with van der Waals surface area (Å²) in [6.45, 7) is 7.10. The molecule has 6 heteroatoms. The van der Waals surface area contributed by atoms with Crippen LogP contribution < -0.4 is 9.64 Å². The predicted molar refractivity (Wildman–Crippen MR) is 140 cm³/mol. The van der Waals surface area contributed by atoms with Crippen LogP contribution in [-0.2, 0) is 4.79 Å². The second kappa shape index (κ2) is 10.1. The number of para-hydroxylation sites is 1. The highest BCUT2D eigenvalue weighted by molar-refractivity contribution is 5.85. The van der Waals surface area contributed by atoms with Crippen molar-refractivity contribution in [1.29, 1.82) is 0 Å². The first-order valence-corrected chi connectivity index (χ1v) is 12.1. The van der Waals surface area contributed by atoms with E-state index < -0.39 is 0 Å². The van der Waals surface area contributed by atoms with E-state index in [-0.39, 0.29) is 12.5 Å².